The van der Waals surface area contributed by atoms with E-state index < -0.39 is 12.8 Å². The third-order valence-electron chi connectivity index (χ3n) is 6.07. The van der Waals surface area contributed by atoms with Crippen LogP contribution < -0.4 is 18.9 Å². The molecule has 2 heterocycles. The van der Waals surface area contributed by atoms with Gasteiger partial charge < -0.3 is 14.4 Å². The number of aromatic nitrogens is 2. The number of hydrogen-bond acceptors (Lipinski definition) is 3. The first-order chi connectivity index (χ1) is 15.2. The summed E-state index contributed by atoms with van der Waals surface area (Å²) < 4.78 is 15.9. The molecule has 0 spiro atoms. The summed E-state index contributed by atoms with van der Waals surface area (Å²) in [6.07, 6.45) is 14.6. The number of aryl methyl sites for hydroxylation is 3. The van der Waals surface area contributed by atoms with Gasteiger partial charge in [-0.05, 0) is 50.5 Å². The largest absolute Gasteiger partial charge is 0.810 e. The van der Waals surface area contributed by atoms with E-state index in [2.05, 4.69) is 62.0 Å². The molecule has 0 bridgehead atoms. The molecule has 1 aliphatic carbocycles. The highest BCUT2D eigenvalue weighted by Crippen LogP contribution is 2.48. The van der Waals surface area contributed by atoms with Gasteiger partial charge in [0.15, 0.2) is 31.3 Å². The fraction of sp³-hybridized carbons (Fsp3) is 0.231. The van der Waals surface area contributed by atoms with Gasteiger partial charge in [0.25, 0.3) is 0 Å². The number of rotatable bonds is 5. The molecule has 1 atom stereocenters. The zero-order chi connectivity index (χ0) is 22.9. The van der Waals surface area contributed by atoms with Crippen molar-refractivity contribution in [3.63, 3.8) is 0 Å². The predicted octanol–water partition coefficient (Wildman–Crippen LogP) is 3.01. The molecule has 4 rings (SSSR count). The molecule has 164 valence electrons. The highest BCUT2D eigenvalue weighted by atomic mass is 31.2. The van der Waals surface area contributed by atoms with Crippen LogP contribution in [0.2, 0.25) is 0 Å². The second-order valence-electron chi connectivity index (χ2n) is 8.59. The maximum Gasteiger partial charge on any atom is 0.216 e. The summed E-state index contributed by atoms with van der Waals surface area (Å²) in [5, 5.41) is -1.42. The summed E-state index contributed by atoms with van der Waals surface area (Å²) in [6, 6.07) is 12.4. The Morgan fingerprint density at radius 3 is 1.97 bits per heavy atom. The Morgan fingerprint density at radius 1 is 0.906 bits per heavy atom. The molecule has 0 aliphatic heterocycles. The zero-order valence-electron chi connectivity index (χ0n) is 18.6. The summed E-state index contributed by atoms with van der Waals surface area (Å²) in [6.45, 7) is 6.45. The Bertz CT molecular complexity index is 1220. The lowest BCUT2D eigenvalue weighted by atomic mass is 9.99. The minimum Gasteiger partial charge on any atom is -0.810 e. The molecule has 0 N–H and O–H groups in total. The van der Waals surface area contributed by atoms with Crippen molar-refractivity contribution in [3.8, 4) is 16.8 Å². The molecule has 5 nitrogen and oxygen atoms in total. The molecule has 6 heteroatoms. The van der Waals surface area contributed by atoms with Gasteiger partial charge in [0, 0.05) is 35.4 Å². The average Bonchev–Trinajstić information content (AvgIpc) is 2.74. The fourth-order valence-corrected chi connectivity index (χ4v) is 5.41. The molecule has 0 amide bonds. The van der Waals surface area contributed by atoms with Crippen molar-refractivity contribution >= 4 is 7.60 Å². The first-order valence-corrected chi connectivity index (χ1v) is 12.2. The first-order valence-electron chi connectivity index (χ1n) is 10.6. The van der Waals surface area contributed by atoms with Gasteiger partial charge >= 0.3 is 0 Å². The molecule has 0 fully saturated rings. The Morgan fingerprint density at radius 2 is 1.47 bits per heavy atom. The number of nitrogens with zero attached hydrogens (tertiary/aromatic N) is 2. The normalized spacial score (nSPS) is 18.2. The van der Waals surface area contributed by atoms with Gasteiger partial charge in [-0.1, -0.05) is 37.5 Å². The summed E-state index contributed by atoms with van der Waals surface area (Å²) in [7, 11) is -4.82. The Hall–Kier alpha value is -2.85. The molecular weight excluding hydrogens is 419 g/mol. The van der Waals surface area contributed by atoms with Crippen molar-refractivity contribution in [2.45, 2.75) is 38.9 Å². The van der Waals surface area contributed by atoms with E-state index in [1.807, 2.05) is 24.5 Å². The van der Waals surface area contributed by atoms with Gasteiger partial charge in [-0.2, -0.15) is 4.57 Å². The van der Waals surface area contributed by atoms with Crippen LogP contribution in [0.1, 0.15) is 23.1 Å². The van der Waals surface area contributed by atoms with Gasteiger partial charge in [-0.15, -0.1) is 0 Å². The molecular formula is C26H27N2O3P. The van der Waals surface area contributed by atoms with Crippen molar-refractivity contribution in [2.75, 3.05) is 0 Å². The molecule has 2 aromatic heterocycles. The number of hydrogen-bond donors (Lipinski definition) is 0. The van der Waals surface area contributed by atoms with Crippen LogP contribution >= 0.6 is 7.60 Å². The van der Waals surface area contributed by atoms with Crippen molar-refractivity contribution in [3.05, 3.63) is 102 Å². The van der Waals surface area contributed by atoms with Crippen molar-refractivity contribution < 1.29 is 23.5 Å². The van der Waals surface area contributed by atoms with E-state index in [1.165, 1.54) is 28.5 Å². The molecule has 1 unspecified atom stereocenters. The zero-order valence-corrected chi connectivity index (χ0v) is 19.5. The van der Waals surface area contributed by atoms with Gasteiger partial charge in [0.05, 0.1) is 5.16 Å². The second kappa shape index (κ2) is 8.59. The molecule has 0 radical (unpaired) electrons. The van der Waals surface area contributed by atoms with Crippen LogP contribution in [-0.2, 0) is 11.1 Å². The van der Waals surface area contributed by atoms with Crippen LogP contribution in [0.5, 0.6) is 0 Å². The third-order valence-corrected chi connectivity index (χ3v) is 7.64. The van der Waals surface area contributed by atoms with Crippen molar-refractivity contribution in [1.29, 1.82) is 0 Å². The molecule has 32 heavy (non-hydrogen) atoms. The lowest BCUT2D eigenvalue weighted by Crippen LogP contribution is -2.50. The molecule has 1 aliphatic rings. The summed E-state index contributed by atoms with van der Waals surface area (Å²) in [5.74, 6) is 0. The molecule has 3 aromatic rings. The van der Waals surface area contributed by atoms with E-state index in [9.17, 15) is 14.4 Å². The highest BCUT2D eigenvalue weighted by Gasteiger charge is 2.35. The summed E-state index contributed by atoms with van der Waals surface area (Å²) in [4.78, 5) is 24.0. The minimum absolute atomic E-state index is 0.0964. The lowest BCUT2D eigenvalue weighted by molar-refractivity contribution is -0.700. The van der Waals surface area contributed by atoms with Crippen LogP contribution in [-0.4, -0.2) is 5.16 Å². The number of allylic oxidation sites excluding steroid dienone is 4. The first kappa shape index (κ1) is 22.3. The maximum absolute atomic E-state index is 12.0. The predicted molar refractivity (Wildman–Crippen MR) is 121 cm³/mol. The van der Waals surface area contributed by atoms with E-state index in [1.54, 1.807) is 22.8 Å². The van der Waals surface area contributed by atoms with Crippen molar-refractivity contribution in [2.24, 2.45) is 0 Å². The summed E-state index contributed by atoms with van der Waals surface area (Å²) >= 11 is 0. The van der Waals surface area contributed by atoms with Gasteiger partial charge in [0.2, 0.25) is 5.69 Å². The van der Waals surface area contributed by atoms with Crippen LogP contribution in [0.3, 0.4) is 0 Å². The Balaban J connectivity index is 1.57. The van der Waals surface area contributed by atoms with E-state index in [-0.39, 0.29) is 13.0 Å². The summed E-state index contributed by atoms with van der Waals surface area (Å²) in [5.41, 5.74) is 6.99. The number of benzene rings is 1. The van der Waals surface area contributed by atoms with E-state index >= 15 is 0 Å². The monoisotopic (exact) mass is 446 g/mol. The van der Waals surface area contributed by atoms with E-state index in [4.69, 9.17) is 0 Å². The quantitative estimate of drug-likeness (QED) is 0.447. The van der Waals surface area contributed by atoms with Crippen molar-refractivity contribution in [1.82, 2.24) is 0 Å². The maximum atomic E-state index is 12.0. The minimum atomic E-state index is -4.82. The smallest absolute Gasteiger partial charge is 0.216 e. The van der Waals surface area contributed by atoms with Crippen LogP contribution in [0.4, 0.5) is 0 Å². The van der Waals surface area contributed by atoms with Gasteiger partial charge in [-0.3, -0.25) is 0 Å². The SMILES string of the molecule is Cc1cc(C)c(-[n+]2ccc(-c3cc[n+](CC4(P(=O)([O-])[O-])C=CC=CC4)cc3)cc2)c(C)c1. The van der Waals surface area contributed by atoms with Crippen LogP contribution in [0, 0.1) is 20.8 Å². The lowest BCUT2D eigenvalue weighted by Gasteiger charge is -2.46. The molecule has 1 aromatic carbocycles. The Kier molecular flexibility index (Phi) is 6.00. The topological polar surface area (TPSA) is 71.0 Å². The van der Waals surface area contributed by atoms with E-state index in [0.29, 0.717) is 0 Å². The third kappa shape index (κ3) is 4.37. The van der Waals surface area contributed by atoms with Crippen LogP contribution in [0.15, 0.2) is 85.5 Å². The molecule has 0 saturated carbocycles. The Labute approximate surface area is 189 Å². The van der Waals surface area contributed by atoms with Gasteiger partial charge in [0.1, 0.15) is 0 Å². The highest BCUT2D eigenvalue weighted by molar-refractivity contribution is 7.50. The van der Waals surface area contributed by atoms with Gasteiger partial charge in [-0.25, -0.2) is 4.57 Å². The molecule has 0 saturated heterocycles. The fourth-order valence-electron chi connectivity index (χ4n) is 4.48. The number of pyridine rings is 2. The second-order valence-corrected chi connectivity index (χ2v) is 10.5. The standard InChI is InChI=1S/C26H27N2O3P/c1-20-17-21(2)25(22(3)18-20)28-15-9-24(10-16-28)23-7-13-27(14-8-23)19-26(32(29,30)31)11-5-4-6-12-26/h4-11,13-18H,12,19H2,1-3H3. The average molecular weight is 446 g/mol. The van der Waals surface area contributed by atoms with Crippen LogP contribution in [0.25, 0.3) is 16.8 Å². The van der Waals surface area contributed by atoms with E-state index in [0.717, 1.165) is 11.1 Å².